The first kappa shape index (κ1) is 20.0. The van der Waals surface area contributed by atoms with Crippen molar-refractivity contribution < 1.29 is 9.84 Å². The van der Waals surface area contributed by atoms with Gasteiger partial charge in [0, 0.05) is 30.4 Å². The minimum absolute atomic E-state index is 0.176. The Morgan fingerprint density at radius 2 is 1.84 bits per heavy atom. The molecule has 0 radical (unpaired) electrons. The summed E-state index contributed by atoms with van der Waals surface area (Å²) in [6, 6.07) is 9.89. The summed E-state index contributed by atoms with van der Waals surface area (Å²) in [5.41, 5.74) is 3.59. The van der Waals surface area contributed by atoms with Gasteiger partial charge >= 0.3 is 0 Å². The van der Waals surface area contributed by atoms with E-state index in [1.807, 2.05) is 24.3 Å². The molecule has 3 atom stereocenters. The second-order valence-corrected chi connectivity index (χ2v) is 9.96. The monoisotopic (exact) mass is 419 g/mol. The Bertz CT molecular complexity index is 1050. The minimum atomic E-state index is 0.176. The van der Waals surface area contributed by atoms with Gasteiger partial charge in [0.15, 0.2) is 5.82 Å². The summed E-state index contributed by atoms with van der Waals surface area (Å²) in [6.45, 7) is 6.36. The fourth-order valence-corrected chi connectivity index (χ4v) is 5.60. The van der Waals surface area contributed by atoms with Gasteiger partial charge < -0.3 is 14.7 Å². The largest absolute Gasteiger partial charge is 0.507 e. The molecule has 1 aliphatic carbocycles. The molecule has 5 rings (SSSR count). The molecule has 3 heterocycles. The number of phenolic OH excluding ortho intramolecular Hbond substituents is 1. The number of hydrogen-bond acceptors (Lipinski definition) is 6. The van der Waals surface area contributed by atoms with Gasteiger partial charge in [-0.25, -0.2) is 0 Å². The van der Waals surface area contributed by atoms with E-state index < -0.39 is 0 Å². The second kappa shape index (κ2) is 7.34. The molecule has 31 heavy (non-hydrogen) atoms. The predicted molar refractivity (Wildman–Crippen MR) is 120 cm³/mol. The normalized spacial score (nSPS) is 27.8. The van der Waals surface area contributed by atoms with Gasteiger partial charge in [0.25, 0.3) is 0 Å². The number of hydrogen-bond donors (Lipinski definition) is 2. The summed E-state index contributed by atoms with van der Waals surface area (Å²) in [5, 5.41) is 26.2. The molecule has 0 spiro atoms. The topological polar surface area (TPSA) is 87.2 Å². The highest BCUT2D eigenvalue weighted by atomic mass is 16.5. The van der Waals surface area contributed by atoms with Crippen LogP contribution in [0.25, 0.3) is 22.4 Å². The first-order valence-corrected chi connectivity index (χ1v) is 10.8. The van der Waals surface area contributed by atoms with E-state index >= 15 is 0 Å². The van der Waals surface area contributed by atoms with Crippen LogP contribution in [-0.2, 0) is 4.74 Å². The highest BCUT2D eigenvalue weighted by Gasteiger charge is 2.48. The average Bonchev–Trinajstić information content (AvgIpc) is 3.27. The Morgan fingerprint density at radius 1 is 1.06 bits per heavy atom. The van der Waals surface area contributed by atoms with Crippen molar-refractivity contribution in [2.45, 2.75) is 39.2 Å². The third-order valence-corrected chi connectivity index (χ3v) is 6.88. The second-order valence-electron chi connectivity index (χ2n) is 9.96. The van der Waals surface area contributed by atoms with Gasteiger partial charge in [-0.2, -0.15) is 5.10 Å². The van der Waals surface area contributed by atoms with Crippen LogP contribution < -0.4 is 4.90 Å². The van der Waals surface area contributed by atoms with Gasteiger partial charge in [-0.05, 0) is 59.9 Å². The van der Waals surface area contributed by atoms with Gasteiger partial charge in [0.2, 0.25) is 0 Å². The molecule has 3 aromatic rings. The van der Waals surface area contributed by atoms with E-state index in [1.54, 1.807) is 18.5 Å². The number of nitrogens with one attached hydrogen (secondary N) is 1. The van der Waals surface area contributed by atoms with Crippen molar-refractivity contribution in [3.8, 4) is 28.1 Å². The molecule has 2 N–H and O–H groups in total. The quantitative estimate of drug-likeness (QED) is 0.657. The van der Waals surface area contributed by atoms with Crippen molar-refractivity contribution in [2.75, 3.05) is 25.2 Å². The van der Waals surface area contributed by atoms with Crippen molar-refractivity contribution in [3.63, 3.8) is 0 Å². The number of H-pyrrole nitrogens is 1. The summed E-state index contributed by atoms with van der Waals surface area (Å²) >= 11 is 0. The summed E-state index contributed by atoms with van der Waals surface area (Å²) in [4.78, 5) is 2.26. The molecule has 1 aliphatic heterocycles. The number of nitrogens with zero attached hydrogens (tertiary/aromatic N) is 4. The number of anilines is 1. The van der Waals surface area contributed by atoms with Crippen molar-refractivity contribution in [2.24, 2.45) is 10.8 Å². The van der Waals surface area contributed by atoms with E-state index in [0.29, 0.717) is 17.3 Å². The number of rotatable bonds is 4. The molecule has 0 amide bonds. The molecular weight excluding hydrogens is 390 g/mol. The van der Waals surface area contributed by atoms with Gasteiger partial charge in [-0.3, -0.25) is 5.10 Å². The first-order chi connectivity index (χ1) is 14.8. The SMILES string of the molecule is CN(c1ccc(-c2ccc(-c3cn[nH]c3)cc2O)nn1)[C@H]1C[C@]2(C)COC[C@](C)(C1)C2. The highest BCUT2D eigenvalue weighted by Crippen LogP contribution is 2.51. The molecule has 1 saturated carbocycles. The fraction of sp³-hybridized carbons (Fsp3) is 0.458. The molecule has 1 saturated heterocycles. The maximum Gasteiger partial charge on any atom is 0.151 e. The lowest BCUT2D eigenvalue weighted by atomic mass is 9.61. The Morgan fingerprint density at radius 3 is 2.45 bits per heavy atom. The Labute approximate surface area is 182 Å². The number of aromatic hydroxyl groups is 1. The Hall–Kier alpha value is -2.93. The average molecular weight is 420 g/mol. The van der Waals surface area contributed by atoms with Crippen LogP contribution in [0.4, 0.5) is 5.82 Å². The van der Waals surface area contributed by atoms with E-state index in [1.165, 1.54) is 6.42 Å². The molecule has 162 valence electrons. The van der Waals surface area contributed by atoms with E-state index in [4.69, 9.17) is 4.74 Å². The zero-order chi connectivity index (χ0) is 21.6. The molecule has 2 aromatic heterocycles. The van der Waals surface area contributed by atoms with Gasteiger partial charge in [-0.1, -0.05) is 19.9 Å². The van der Waals surface area contributed by atoms with Gasteiger partial charge in [0.05, 0.1) is 25.1 Å². The number of aromatic amines is 1. The molecule has 0 unspecified atom stereocenters. The van der Waals surface area contributed by atoms with Crippen LogP contribution in [0.2, 0.25) is 0 Å². The maximum atomic E-state index is 10.6. The van der Waals surface area contributed by atoms with E-state index in [0.717, 1.165) is 43.0 Å². The lowest BCUT2D eigenvalue weighted by molar-refractivity contribution is -0.111. The van der Waals surface area contributed by atoms with Gasteiger partial charge in [0.1, 0.15) is 5.75 Å². The lowest BCUT2D eigenvalue weighted by Gasteiger charge is -2.53. The smallest absolute Gasteiger partial charge is 0.151 e. The number of aromatic nitrogens is 4. The summed E-state index contributed by atoms with van der Waals surface area (Å²) in [5.74, 6) is 1.03. The summed E-state index contributed by atoms with van der Waals surface area (Å²) in [6.07, 6.45) is 6.94. The zero-order valence-electron chi connectivity index (χ0n) is 18.3. The number of fused-ring (bicyclic) bond motifs is 2. The van der Waals surface area contributed by atoms with E-state index in [-0.39, 0.29) is 16.6 Å². The summed E-state index contributed by atoms with van der Waals surface area (Å²) < 4.78 is 5.91. The van der Waals surface area contributed by atoms with Crippen LogP contribution >= 0.6 is 0 Å². The van der Waals surface area contributed by atoms with Crippen LogP contribution in [-0.4, -0.2) is 51.8 Å². The van der Waals surface area contributed by atoms with Crippen LogP contribution in [0.5, 0.6) is 5.75 Å². The minimum Gasteiger partial charge on any atom is -0.507 e. The van der Waals surface area contributed by atoms with E-state index in [9.17, 15) is 5.11 Å². The third-order valence-electron chi connectivity index (χ3n) is 6.88. The lowest BCUT2D eigenvalue weighted by Crippen LogP contribution is -2.53. The van der Waals surface area contributed by atoms with Crippen molar-refractivity contribution >= 4 is 5.82 Å². The van der Waals surface area contributed by atoms with Crippen molar-refractivity contribution in [3.05, 3.63) is 42.7 Å². The third kappa shape index (κ3) is 3.78. The Kier molecular flexibility index (Phi) is 4.73. The van der Waals surface area contributed by atoms with E-state index in [2.05, 4.69) is 46.2 Å². The fourth-order valence-electron chi connectivity index (χ4n) is 5.60. The predicted octanol–water partition coefficient (Wildman–Crippen LogP) is 4.27. The number of phenols is 1. The molecule has 7 heteroatoms. The molecular formula is C24H29N5O2. The molecule has 1 aromatic carbocycles. The number of benzene rings is 1. The van der Waals surface area contributed by atoms with Crippen LogP contribution in [0.15, 0.2) is 42.7 Å². The number of ether oxygens (including phenoxy) is 1. The molecule has 2 fully saturated rings. The first-order valence-electron chi connectivity index (χ1n) is 10.8. The van der Waals surface area contributed by atoms with Crippen LogP contribution in [0.1, 0.15) is 33.1 Å². The molecule has 2 bridgehead atoms. The standard InChI is InChI=1S/C24H29N5O2/c1-23-9-18(10-24(2,13-23)15-31-14-23)29(3)22-7-6-20(27-28-22)19-5-4-16(8-21(19)30)17-11-25-26-12-17/h4-8,11-12,18,30H,9-10,13-15H2,1-3H3,(H,25,26)/t18-,23-,24+. The van der Waals surface area contributed by atoms with Crippen molar-refractivity contribution in [1.82, 2.24) is 20.4 Å². The van der Waals surface area contributed by atoms with Crippen LogP contribution in [0, 0.1) is 10.8 Å². The van der Waals surface area contributed by atoms with Gasteiger partial charge in [-0.15, -0.1) is 10.2 Å². The highest BCUT2D eigenvalue weighted by molar-refractivity contribution is 5.73. The maximum absolute atomic E-state index is 10.6. The Balaban J connectivity index is 1.35. The molecule has 2 aliphatic rings. The van der Waals surface area contributed by atoms with Crippen LogP contribution in [0.3, 0.4) is 0 Å². The molecule has 7 nitrogen and oxygen atoms in total. The zero-order valence-corrected chi connectivity index (χ0v) is 18.3. The summed E-state index contributed by atoms with van der Waals surface area (Å²) in [7, 11) is 2.11. The van der Waals surface area contributed by atoms with Crippen molar-refractivity contribution in [1.29, 1.82) is 0 Å².